The van der Waals surface area contributed by atoms with E-state index in [1.54, 1.807) is 36.4 Å². The Morgan fingerprint density at radius 2 is 1.83 bits per heavy atom. The third-order valence-corrected chi connectivity index (χ3v) is 6.00. The highest BCUT2D eigenvalue weighted by Gasteiger charge is 2.24. The van der Waals surface area contributed by atoms with Crippen LogP contribution in [0, 0.1) is 5.82 Å². The van der Waals surface area contributed by atoms with E-state index >= 15 is 0 Å². The van der Waals surface area contributed by atoms with E-state index in [1.165, 1.54) is 11.6 Å². The molecule has 0 N–H and O–H groups in total. The van der Waals surface area contributed by atoms with Crippen molar-refractivity contribution in [3.05, 3.63) is 98.9 Å². The van der Waals surface area contributed by atoms with Crippen LogP contribution < -0.4 is 9.47 Å². The molecule has 0 fully saturated rings. The molecular formula is C28H25BrFNO4. The summed E-state index contributed by atoms with van der Waals surface area (Å²) in [5, 5.41) is 0. The average molecular weight is 538 g/mol. The molecule has 3 aromatic rings. The number of aliphatic imine (C=N–C) groups is 1. The predicted molar refractivity (Wildman–Crippen MR) is 137 cm³/mol. The van der Waals surface area contributed by atoms with Crippen LogP contribution in [0.5, 0.6) is 11.5 Å². The molecule has 0 amide bonds. The van der Waals surface area contributed by atoms with Crippen LogP contribution in [0.1, 0.15) is 48.9 Å². The molecule has 1 aliphatic heterocycles. The van der Waals surface area contributed by atoms with Crippen molar-refractivity contribution in [2.45, 2.75) is 33.3 Å². The van der Waals surface area contributed by atoms with E-state index in [4.69, 9.17) is 14.2 Å². The molecule has 0 aliphatic carbocycles. The smallest absolute Gasteiger partial charge is 0.363 e. The van der Waals surface area contributed by atoms with Crippen molar-refractivity contribution in [1.29, 1.82) is 0 Å². The maximum absolute atomic E-state index is 14.0. The van der Waals surface area contributed by atoms with Crippen LogP contribution >= 0.6 is 15.9 Å². The first-order valence-electron chi connectivity index (χ1n) is 11.3. The first-order valence-corrected chi connectivity index (χ1v) is 12.1. The van der Waals surface area contributed by atoms with Gasteiger partial charge >= 0.3 is 5.97 Å². The molecule has 1 aliphatic rings. The number of carbonyl (C=O) groups excluding carboxylic acids is 1. The van der Waals surface area contributed by atoms with Crippen molar-refractivity contribution in [3.63, 3.8) is 0 Å². The Hall–Kier alpha value is -3.45. The molecule has 1 heterocycles. The molecule has 0 spiro atoms. The summed E-state index contributed by atoms with van der Waals surface area (Å²) in [5.41, 5.74) is 3.22. The Labute approximate surface area is 212 Å². The van der Waals surface area contributed by atoms with Gasteiger partial charge in [-0.25, -0.2) is 14.2 Å². The van der Waals surface area contributed by atoms with Crippen LogP contribution in [0.15, 0.2) is 75.8 Å². The van der Waals surface area contributed by atoms with E-state index in [-0.39, 0.29) is 24.0 Å². The number of benzene rings is 3. The van der Waals surface area contributed by atoms with Crippen molar-refractivity contribution < 1.29 is 23.4 Å². The summed E-state index contributed by atoms with van der Waals surface area (Å²) in [5.74, 6) is 0.720. The van der Waals surface area contributed by atoms with E-state index in [0.29, 0.717) is 39.6 Å². The lowest BCUT2D eigenvalue weighted by Gasteiger charge is -2.15. The molecule has 0 saturated heterocycles. The van der Waals surface area contributed by atoms with Gasteiger partial charge in [0, 0.05) is 11.1 Å². The SMILES string of the molecule is CCOc1cc(/C=C2\N=C(c3ccc(C(C)C)cc3)OC2=O)cc(Br)c1OCc1ccccc1F. The van der Waals surface area contributed by atoms with Gasteiger partial charge in [-0.2, -0.15) is 0 Å². The molecule has 0 atom stereocenters. The minimum Gasteiger partial charge on any atom is -0.490 e. The highest BCUT2D eigenvalue weighted by molar-refractivity contribution is 9.10. The van der Waals surface area contributed by atoms with Crippen LogP contribution in [-0.2, 0) is 16.1 Å². The van der Waals surface area contributed by atoms with Crippen LogP contribution in [0.25, 0.3) is 6.08 Å². The topological polar surface area (TPSA) is 57.1 Å². The first-order chi connectivity index (χ1) is 16.9. The quantitative estimate of drug-likeness (QED) is 0.228. The molecule has 0 bridgehead atoms. The summed E-state index contributed by atoms with van der Waals surface area (Å²) in [6, 6.07) is 17.8. The second-order valence-electron chi connectivity index (χ2n) is 8.26. The Balaban J connectivity index is 1.60. The molecule has 3 aromatic carbocycles. The molecule has 0 aromatic heterocycles. The maximum Gasteiger partial charge on any atom is 0.363 e. The van der Waals surface area contributed by atoms with Gasteiger partial charge in [0.2, 0.25) is 5.90 Å². The summed E-state index contributed by atoms with van der Waals surface area (Å²) in [6.45, 7) is 6.54. The van der Waals surface area contributed by atoms with Gasteiger partial charge in [0.05, 0.1) is 11.1 Å². The number of esters is 1. The lowest BCUT2D eigenvalue weighted by atomic mass is 10.0. The Kier molecular flexibility index (Phi) is 7.66. The van der Waals surface area contributed by atoms with Crippen molar-refractivity contribution in [2.75, 3.05) is 6.61 Å². The molecule has 180 valence electrons. The zero-order valence-electron chi connectivity index (χ0n) is 19.7. The summed E-state index contributed by atoms with van der Waals surface area (Å²) in [6.07, 6.45) is 1.63. The van der Waals surface area contributed by atoms with Crippen LogP contribution in [0.3, 0.4) is 0 Å². The third-order valence-electron chi connectivity index (χ3n) is 5.41. The normalized spacial score (nSPS) is 14.3. The number of cyclic esters (lactones) is 1. The van der Waals surface area contributed by atoms with Crippen molar-refractivity contribution in [2.24, 2.45) is 4.99 Å². The Morgan fingerprint density at radius 1 is 1.09 bits per heavy atom. The number of hydrogen-bond acceptors (Lipinski definition) is 5. The minimum absolute atomic E-state index is 0.0430. The number of nitrogens with zero attached hydrogens (tertiary/aromatic N) is 1. The molecule has 4 rings (SSSR count). The summed E-state index contributed by atoms with van der Waals surface area (Å²) in [7, 11) is 0. The largest absolute Gasteiger partial charge is 0.490 e. The standard InChI is InChI=1S/C28H25BrFNO4/c1-4-33-25-15-18(13-22(29)26(25)34-16-21-7-5-6-8-23(21)30)14-24-28(32)35-27(31-24)20-11-9-19(10-12-20)17(2)3/h5-15,17H,4,16H2,1-3H3/b24-14-. The lowest BCUT2D eigenvalue weighted by Crippen LogP contribution is -2.05. The fraction of sp³-hybridized carbons (Fsp3) is 0.214. The number of ether oxygens (including phenoxy) is 3. The molecule has 5 nitrogen and oxygen atoms in total. The number of rotatable bonds is 8. The average Bonchev–Trinajstić information content (AvgIpc) is 3.20. The number of halogens is 2. The zero-order chi connectivity index (χ0) is 24.9. The fourth-order valence-corrected chi connectivity index (χ4v) is 4.11. The highest BCUT2D eigenvalue weighted by atomic mass is 79.9. The first kappa shape index (κ1) is 24.7. The number of hydrogen-bond donors (Lipinski definition) is 0. The molecule has 35 heavy (non-hydrogen) atoms. The van der Waals surface area contributed by atoms with Gasteiger partial charge in [-0.1, -0.05) is 44.2 Å². The van der Waals surface area contributed by atoms with E-state index in [9.17, 15) is 9.18 Å². The minimum atomic E-state index is -0.526. The third kappa shape index (κ3) is 5.80. The monoisotopic (exact) mass is 537 g/mol. The van der Waals surface area contributed by atoms with Crippen molar-refractivity contribution in [3.8, 4) is 11.5 Å². The van der Waals surface area contributed by atoms with Gasteiger partial charge in [-0.05, 0) is 76.3 Å². The molecule has 0 radical (unpaired) electrons. The zero-order valence-corrected chi connectivity index (χ0v) is 21.3. The summed E-state index contributed by atoms with van der Waals surface area (Å²) >= 11 is 3.51. The van der Waals surface area contributed by atoms with E-state index in [0.717, 1.165) is 5.56 Å². The van der Waals surface area contributed by atoms with Crippen molar-refractivity contribution >= 4 is 33.9 Å². The van der Waals surface area contributed by atoms with Crippen LogP contribution in [0.4, 0.5) is 4.39 Å². The van der Waals surface area contributed by atoms with E-state index in [1.807, 2.05) is 31.2 Å². The Morgan fingerprint density at radius 3 is 2.51 bits per heavy atom. The lowest BCUT2D eigenvalue weighted by molar-refractivity contribution is -0.129. The molecule has 7 heteroatoms. The predicted octanol–water partition coefficient (Wildman–Crippen LogP) is 7.03. The maximum atomic E-state index is 14.0. The molecule has 0 unspecified atom stereocenters. The van der Waals surface area contributed by atoms with Gasteiger partial charge in [-0.3, -0.25) is 0 Å². The number of carbonyl (C=O) groups is 1. The van der Waals surface area contributed by atoms with Gasteiger partial charge in [-0.15, -0.1) is 0 Å². The molecule has 0 saturated carbocycles. The highest BCUT2D eigenvalue weighted by Crippen LogP contribution is 2.38. The molecular weight excluding hydrogens is 513 g/mol. The second kappa shape index (κ2) is 10.9. The van der Waals surface area contributed by atoms with Crippen LogP contribution in [0.2, 0.25) is 0 Å². The van der Waals surface area contributed by atoms with E-state index < -0.39 is 5.97 Å². The second-order valence-corrected chi connectivity index (χ2v) is 9.11. The Bertz CT molecular complexity index is 1300. The summed E-state index contributed by atoms with van der Waals surface area (Å²) in [4.78, 5) is 16.9. The van der Waals surface area contributed by atoms with Gasteiger partial charge in [0.25, 0.3) is 0 Å². The summed E-state index contributed by atoms with van der Waals surface area (Å²) < 4.78 is 31.6. The van der Waals surface area contributed by atoms with E-state index in [2.05, 4.69) is 34.8 Å². The van der Waals surface area contributed by atoms with Crippen LogP contribution in [-0.4, -0.2) is 18.5 Å². The van der Waals surface area contributed by atoms with Crippen molar-refractivity contribution in [1.82, 2.24) is 0 Å². The fourth-order valence-electron chi connectivity index (χ4n) is 3.54. The van der Waals surface area contributed by atoms with Gasteiger partial charge in [0.15, 0.2) is 17.2 Å². The van der Waals surface area contributed by atoms with Gasteiger partial charge < -0.3 is 14.2 Å². The van der Waals surface area contributed by atoms with Gasteiger partial charge in [0.1, 0.15) is 12.4 Å².